The van der Waals surface area contributed by atoms with Crippen molar-refractivity contribution in [3.05, 3.63) is 95.8 Å². The molecule has 0 saturated heterocycles. The first kappa shape index (κ1) is 22.8. The molecular formula is C26H21FN4O3S. The van der Waals surface area contributed by atoms with E-state index >= 15 is 0 Å². The number of benzene rings is 3. The summed E-state index contributed by atoms with van der Waals surface area (Å²) in [6.45, 7) is 0. The second-order valence-corrected chi connectivity index (χ2v) is 9.30. The Balaban J connectivity index is 1.35. The molecule has 2 unspecified atom stereocenters. The van der Waals surface area contributed by atoms with Gasteiger partial charge in [0.15, 0.2) is 5.17 Å². The van der Waals surface area contributed by atoms with Crippen LogP contribution in [0.4, 0.5) is 10.1 Å². The Morgan fingerprint density at radius 1 is 1.06 bits per heavy atom. The summed E-state index contributed by atoms with van der Waals surface area (Å²) in [5.74, 6) is -1.05. The average Bonchev–Trinajstić information content (AvgIpc) is 3.45. The lowest BCUT2D eigenvalue weighted by Gasteiger charge is -2.23. The number of phenolic OH excluding ortho intramolecular Hbond substituents is 1. The van der Waals surface area contributed by atoms with Crippen LogP contribution >= 0.6 is 11.8 Å². The first-order chi connectivity index (χ1) is 17.0. The van der Waals surface area contributed by atoms with Crippen molar-refractivity contribution in [2.24, 2.45) is 10.1 Å². The molecule has 3 aromatic carbocycles. The van der Waals surface area contributed by atoms with Gasteiger partial charge in [-0.05, 0) is 35.9 Å². The molecule has 0 spiro atoms. The van der Waals surface area contributed by atoms with Crippen LogP contribution in [0.2, 0.25) is 0 Å². The van der Waals surface area contributed by atoms with Gasteiger partial charge < -0.3 is 10.4 Å². The summed E-state index contributed by atoms with van der Waals surface area (Å²) in [6.07, 6.45) is 0.434. The summed E-state index contributed by atoms with van der Waals surface area (Å²) in [5.41, 5.74) is 2.88. The molecule has 0 bridgehead atoms. The van der Waals surface area contributed by atoms with Gasteiger partial charge >= 0.3 is 0 Å². The molecule has 2 aliphatic rings. The van der Waals surface area contributed by atoms with Crippen LogP contribution < -0.4 is 5.32 Å². The molecular weight excluding hydrogens is 467 g/mol. The van der Waals surface area contributed by atoms with Crippen molar-refractivity contribution in [1.29, 1.82) is 0 Å². The van der Waals surface area contributed by atoms with Crippen LogP contribution in [-0.4, -0.2) is 38.1 Å². The van der Waals surface area contributed by atoms with Gasteiger partial charge in [0.05, 0.1) is 11.8 Å². The number of rotatable bonds is 5. The van der Waals surface area contributed by atoms with Gasteiger partial charge in [0.1, 0.15) is 16.8 Å². The van der Waals surface area contributed by atoms with E-state index in [1.807, 2.05) is 42.5 Å². The number of carbonyl (C=O) groups is 2. The first-order valence-corrected chi connectivity index (χ1v) is 11.9. The van der Waals surface area contributed by atoms with E-state index in [2.05, 4.69) is 10.3 Å². The minimum absolute atomic E-state index is 0.0851. The van der Waals surface area contributed by atoms with E-state index in [0.717, 1.165) is 11.3 Å². The number of amides is 2. The first-order valence-electron chi connectivity index (χ1n) is 11.0. The number of hydrogen-bond donors (Lipinski definition) is 2. The summed E-state index contributed by atoms with van der Waals surface area (Å²) in [5, 5.41) is 19.3. The van der Waals surface area contributed by atoms with Crippen molar-refractivity contribution in [2.75, 3.05) is 5.32 Å². The summed E-state index contributed by atoms with van der Waals surface area (Å²) >= 11 is 1.18. The molecule has 3 aromatic rings. The number of amidine groups is 1. The zero-order valence-corrected chi connectivity index (χ0v) is 19.3. The molecule has 176 valence electrons. The Hall–Kier alpha value is -3.98. The number of hydrogen-bond acceptors (Lipinski definition) is 6. The summed E-state index contributed by atoms with van der Waals surface area (Å²) in [6, 6.07) is 21.8. The van der Waals surface area contributed by atoms with Crippen molar-refractivity contribution in [1.82, 2.24) is 5.01 Å². The van der Waals surface area contributed by atoms with Gasteiger partial charge in [0.2, 0.25) is 5.91 Å². The van der Waals surface area contributed by atoms with E-state index in [9.17, 15) is 19.1 Å². The highest BCUT2D eigenvalue weighted by molar-refractivity contribution is 8.15. The highest BCUT2D eigenvalue weighted by Crippen LogP contribution is 2.41. The van der Waals surface area contributed by atoms with Crippen LogP contribution in [0.5, 0.6) is 5.75 Å². The lowest BCUT2D eigenvalue weighted by Crippen LogP contribution is -2.25. The second kappa shape index (κ2) is 9.71. The molecule has 5 rings (SSSR count). The number of nitrogens with one attached hydrogen (secondary N) is 1. The zero-order chi connectivity index (χ0) is 24.4. The van der Waals surface area contributed by atoms with Gasteiger partial charge in [-0.1, -0.05) is 60.3 Å². The fourth-order valence-corrected chi connectivity index (χ4v) is 5.08. The molecule has 0 aliphatic carbocycles. The van der Waals surface area contributed by atoms with Crippen LogP contribution in [0, 0.1) is 5.82 Å². The molecule has 35 heavy (non-hydrogen) atoms. The number of thioether (sulfide) groups is 1. The number of carbonyl (C=O) groups excluding carboxylic acids is 2. The number of hydrazone groups is 1. The molecule has 9 heteroatoms. The minimum Gasteiger partial charge on any atom is -0.508 e. The van der Waals surface area contributed by atoms with E-state index < -0.39 is 17.0 Å². The molecule has 0 aromatic heterocycles. The van der Waals surface area contributed by atoms with E-state index in [-0.39, 0.29) is 24.1 Å². The predicted octanol–water partition coefficient (Wildman–Crippen LogP) is 4.71. The largest absolute Gasteiger partial charge is 0.508 e. The maximum Gasteiger partial charge on any atom is 0.262 e. The van der Waals surface area contributed by atoms with Crippen LogP contribution in [0.25, 0.3) is 0 Å². The van der Waals surface area contributed by atoms with E-state index in [0.29, 0.717) is 22.8 Å². The number of anilines is 1. The van der Waals surface area contributed by atoms with Crippen LogP contribution in [0.3, 0.4) is 0 Å². The maximum atomic E-state index is 13.1. The Kier molecular flexibility index (Phi) is 6.33. The Morgan fingerprint density at radius 3 is 2.51 bits per heavy atom. The van der Waals surface area contributed by atoms with Crippen LogP contribution in [0.15, 0.2) is 89.0 Å². The molecule has 2 amide bonds. The second-order valence-electron chi connectivity index (χ2n) is 8.13. The summed E-state index contributed by atoms with van der Waals surface area (Å²) in [4.78, 5) is 29.4. The topological polar surface area (TPSA) is 94.4 Å². The Labute approximate surface area is 205 Å². The fourth-order valence-electron chi connectivity index (χ4n) is 4.02. The molecule has 2 atom stereocenters. The number of aromatic hydroxyl groups is 1. The van der Waals surface area contributed by atoms with Gasteiger partial charge in [0.25, 0.3) is 5.91 Å². The molecule has 2 aliphatic heterocycles. The normalized spacial score (nSPS) is 19.5. The smallest absolute Gasteiger partial charge is 0.262 e. The van der Waals surface area contributed by atoms with Gasteiger partial charge in [-0.2, -0.15) is 10.1 Å². The maximum absolute atomic E-state index is 13.1. The lowest BCUT2D eigenvalue weighted by atomic mass is 9.98. The van der Waals surface area contributed by atoms with Crippen LogP contribution in [0.1, 0.15) is 30.0 Å². The molecule has 2 heterocycles. The number of nitrogens with zero attached hydrogens (tertiary/aromatic N) is 3. The molecule has 2 N–H and O–H groups in total. The van der Waals surface area contributed by atoms with Crippen LogP contribution in [-0.2, 0) is 9.59 Å². The molecule has 0 fully saturated rings. The van der Waals surface area contributed by atoms with Crippen molar-refractivity contribution < 1.29 is 19.1 Å². The number of halogens is 1. The van der Waals surface area contributed by atoms with E-state index in [1.165, 1.54) is 36.0 Å². The molecule has 0 saturated carbocycles. The third-order valence-electron chi connectivity index (χ3n) is 5.74. The predicted molar refractivity (Wildman–Crippen MR) is 134 cm³/mol. The Bertz CT molecular complexity index is 1330. The third kappa shape index (κ3) is 4.95. The van der Waals surface area contributed by atoms with Crippen molar-refractivity contribution in [3.8, 4) is 5.75 Å². The minimum atomic E-state index is -0.702. The number of para-hydroxylation sites is 1. The Morgan fingerprint density at radius 2 is 1.77 bits per heavy atom. The SMILES string of the molecule is O=C(CC1SC(N2N=C(c3ccccc3)CC2c2ccccc2O)=NC1=O)Nc1ccc(F)cc1. The van der Waals surface area contributed by atoms with Gasteiger partial charge in [-0.25, -0.2) is 9.40 Å². The molecule has 0 radical (unpaired) electrons. The third-order valence-corrected chi connectivity index (χ3v) is 6.88. The van der Waals surface area contributed by atoms with Crippen molar-refractivity contribution in [2.45, 2.75) is 24.1 Å². The monoisotopic (exact) mass is 488 g/mol. The van der Waals surface area contributed by atoms with Crippen molar-refractivity contribution >= 4 is 40.1 Å². The number of phenols is 1. The van der Waals surface area contributed by atoms with Gasteiger partial charge in [0, 0.05) is 24.1 Å². The number of aliphatic imine (C=N–C) groups is 1. The van der Waals surface area contributed by atoms with Crippen molar-refractivity contribution in [3.63, 3.8) is 0 Å². The quantitative estimate of drug-likeness (QED) is 0.543. The average molecular weight is 489 g/mol. The lowest BCUT2D eigenvalue weighted by molar-refractivity contribution is -0.121. The van der Waals surface area contributed by atoms with Gasteiger partial charge in [-0.3, -0.25) is 9.59 Å². The van der Waals surface area contributed by atoms with Gasteiger partial charge in [-0.15, -0.1) is 0 Å². The van der Waals surface area contributed by atoms with E-state index in [4.69, 9.17) is 5.10 Å². The summed E-state index contributed by atoms with van der Waals surface area (Å²) in [7, 11) is 0. The fraction of sp³-hybridized carbons (Fsp3) is 0.154. The summed E-state index contributed by atoms with van der Waals surface area (Å²) < 4.78 is 13.1. The highest BCUT2D eigenvalue weighted by atomic mass is 32.2. The van der Waals surface area contributed by atoms with E-state index in [1.54, 1.807) is 17.1 Å². The molecule has 7 nitrogen and oxygen atoms in total. The highest BCUT2D eigenvalue weighted by Gasteiger charge is 2.39. The standard InChI is InChI=1S/C26H21FN4O3S/c27-17-10-12-18(13-11-17)28-24(33)15-23-25(34)29-26(35-23)31-21(19-8-4-5-9-22(19)32)14-20(30-31)16-6-2-1-3-7-16/h1-13,21,23,32H,14-15H2,(H,28,33). The zero-order valence-electron chi connectivity index (χ0n) is 18.5.